The lowest BCUT2D eigenvalue weighted by molar-refractivity contribution is -0.137. The number of carbonyl (C=O) groups excluding carboxylic acids is 1. The average Bonchev–Trinajstić information content (AvgIpc) is 2.30. The topological polar surface area (TPSA) is 63.6 Å². The Labute approximate surface area is 120 Å². The number of carbonyl (C=O) groups is 2. The quantitative estimate of drug-likeness (QED) is 0.777. The molecular weight excluding hydrogens is 312 g/mol. The molecule has 0 aromatic heterocycles. The molecule has 0 bridgehead atoms. The minimum atomic E-state index is -0.889. The molecule has 0 aliphatic rings. The fourth-order valence-corrected chi connectivity index (χ4v) is 2.16. The summed E-state index contributed by atoms with van der Waals surface area (Å²) in [6, 6.07) is 5.26. The van der Waals surface area contributed by atoms with E-state index in [0.29, 0.717) is 17.9 Å². The number of halogens is 1. The Morgan fingerprint density at radius 1 is 1.37 bits per heavy atom. The predicted molar refractivity (Wildman–Crippen MR) is 75.7 cm³/mol. The van der Waals surface area contributed by atoms with Crippen molar-refractivity contribution in [2.24, 2.45) is 5.92 Å². The zero-order valence-corrected chi connectivity index (χ0v) is 12.6. The highest BCUT2D eigenvalue weighted by Gasteiger charge is 2.17. The molecule has 4 nitrogen and oxygen atoms in total. The number of ether oxygens (including phenoxy) is 1. The summed E-state index contributed by atoms with van der Waals surface area (Å²) < 4.78 is 6.21. The summed E-state index contributed by atoms with van der Waals surface area (Å²) in [5.74, 6) is -0.644. The number of hydrogen-bond acceptors (Lipinski definition) is 3. The Hall–Kier alpha value is -1.36. The van der Waals surface area contributed by atoms with Crippen molar-refractivity contribution >= 4 is 27.7 Å². The SMILES string of the molecule is CCOc1ccc(Br)cc1C(=O)CC(C)CC(=O)O. The van der Waals surface area contributed by atoms with Gasteiger partial charge in [-0.2, -0.15) is 0 Å². The first-order chi connectivity index (χ1) is 8.93. The normalized spacial score (nSPS) is 11.9. The van der Waals surface area contributed by atoms with Gasteiger partial charge in [-0.05, 0) is 31.0 Å². The first-order valence-corrected chi connectivity index (χ1v) is 6.90. The van der Waals surface area contributed by atoms with Crippen LogP contribution in [0.25, 0.3) is 0 Å². The molecule has 0 aliphatic heterocycles. The average molecular weight is 329 g/mol. The molecule has 0 spiro atoms. The van der Waals surface area contributed by atoms with Crippen LogP contribution in [-0.4, -0.2) is 23.5 Å². The van der Waals surface area contributed by atoms with Crippen LogP contribution in [0.15, 0.2) is 22.7 Å². The third-order valence-corrected chi connectivity index (χ3v) is 3.09. The van der Waals surface area contributed by atoms with Gasteiger partial charge in [0.15, 0.2) is 5.78 Å². The van der Waals surface area contributed by atoms with Gasteiger partial charge in [-0.25, -0.2) is 0 Å². The van der Waals surface area contributed by atoms with Crippen molar-refractivity contribution in [3.63, 3.8) is 0 Å². The van der Waals surface area contributed by atoms with Gasteiger partial charge in [0.1, 0.15) is 5.75 Å². The maximum absolute atomic E-state index is 12.2. The summed E-state index contributed by atoms with van der Waals surface area (Å²) in [6.07, 6.45) is 0.187. The first kappa shape index (κ1) is 15.7. The van der Waals surface area contributed by atoms with Gasteiger partial charge >= 0.3 is 5.97 Å². The molecule has 104 valence electrons. The molecule has 1 aromatic rings. The van der Waals surface area contributed by atoms with E-state index in [1.54, 1.807) is 19.1 Å². The Morgan fingerprint density at radius 3 is 2.63 bits per heavy atom. The molecule has 5 heteroatoms. The number of carboxylic acid groups (broad SMARTS) is 1. The molecule has 1 unspecified atom stereocenters. The van der Waals surface area contributed by atoms with E-state index in [2.05, 4.69) is 15.9 Å². The van der Waals surface area contributed by atoms with Gasteiger partial charge in [0.2, 0.25) is 0 Å². The van der Waals surface area contributed by atoms with Crippen LogP contribution >= 0.6 is 15.9 Å². The number of Topliss-reactive ketones (excluding diaryl/α,β-unsaturated/α-hetero) is 1. The first-order valence-electron chi connectivity index (χ1n) is 6.11. The fraction of sp³-hybridized carbons (Fsp3) is 0.429. The second kappa shape index (κ2) is 7.28. The molecule has 1 N–H and O–H groups in total. The van der Waals surface area contributed by atoms with Gasteiger partial charge in [0.05, 0.1) is 12.2 Å². The van der Waals surface area contributed by atoms with Crippen LogP contribution in [0.1, 0.15) is 37.0 Å². The minimum Gasteiger partial charge on any atom is -0.493 e. The van der Waals surface area contributed by atoms with Gasteiger partial charge in [0, 0.05) is 17.3 Å². The van der Waals surface area contributed by atoms with Crippen LogP contribution in [-0.2, 0) is 4.79 Å². The zero-order valence-electron chi connectivity index (χ0n) is 11.0. The lowest BCUT2D eigenvalue weighted by Crippen LogP contribution is -2.11. The summed E-state index contributed by atoms with van der Waals surface area (Å²) in [6.45, 7) is 4.08. The van der Waals surface area contributed by atoms with Crippen molar-refractivity contribution in [3.05, 3.63) is 28.2 Å². The van der Waals surface area contributed by atoms with Crippen LogP contribution in [0.3, 0.4) is 0 Å². The molecule has 0 aliphatic carbocycles. The number of aliphatic carboxylic acids is 1. The molecule has 1 rings (SSSR count). The highest BCUT2D eigenvalue weighted by atomic mass is 79.9. The fourth-order valence-electron chi connectivity index (χ4n) is 1.80. The Bertz CT molecular complexity index is 471. The zero-order chi connectivity index (χ0) is 14.4. The third kappa shape index (κ3) is 5.03. The van der Waals surface area contributed by atoms with Crippen molar-refractivity contribution in [2.45, 2.75) is 26.7 Å². The van der Waals surface area contributed by atoms with E-state index in [4.69, 9.17) is 9.84 Å². The summed E-state index contributed by atoms with van der Waals surface area (Å²) >= 11 is 3.32. The highest BCUT2D eigenvalue weighted by Crippen LogP contribution is 2.26. The molecule has 1 atom stereocenters. The maximum Gasteiger partial charge on any atom is 0.303 e. The standard InChI is InChI=1S/C14H17BrO4/c1-3-19-13-5-4-10(15)8-11(13)12(16)6-9(2)7-14(17)18/h4-5,8-9H,3,6-7H2,1-2H3,(H,17,18). The van der Waals surface area contributed by atoms with Crippen molar-refractivity contribution in [3.8, 4) is 5.75 Å². The number of hydrogen-bond donors (Lipinski definition) is 1. The molecule has 0 amide bonds. The lowest BCUT2D eigenvalue weighted by atomic mass is 9.97. The van der Waals surface area contributed by atoms with E-state index in [0.717, 1.165) is 4.47 Å². The van der Waals surface area contributed by atoms with E-state index in [1.807, 2.05) is 13.0 Å². The molecule has 19 heavy (non-hydrogen) atoms. The largest absolute Gasteiger partial charge is 0.493 e. The van der Waals surface area contributed by atoms with Crippen LogP contribution in [0, 0.1) is 5.92 Å². The lowest BCUT2D eigenvalue weighted by Gasteiger charge is -2.12. The van der Waals surface area contributed by atoms with Crippen molar-refractivity contribution in [1.29, 1.82) is 0 Å². The Morgan fingerprint density at radius 2 is 2.05 bits per heavy atom. The van der Waals surface area contributed by atoms with Crippen LogP contribution < -0.4 is 4.74 Å². The number of ketones is 1. The molecule has 0 saturated heterocycles. The van der Waals surface area contributed by atoms with Gasteiger partial charge in [-0.3, -0.25) is 9.59 Å². The summed E-state index contributed by atoms with van der Waals surface area (Å²) in [7, 11) is 0. The van der Waals surface area contributed by atoms with Gasteiger partial charge < -0.3 is 9.84 Å². The molecule has 1 aromatic carbocycles. The van der Waals surface area contributed by atoms with Crippen molar-refractivity contribution in [2.75, 3.05) is 6.61 Å². The molecular formula is C14H17BrO4. The molecule has 0 heterocycles. The summed E-state index contributed by atoms with van der Waals surface area (Å²) in [4.78, 5) is 22.8. The van der Waals surface area contributed by atoms with E-state index >= 15 is 0 Å². The predicted octanol–water partition coefficient (Wildman–Crippen LogP) is 3.53. The van der Waals surface area contributed by atoms with Crippen LogP contribution in [0.2, 0.25) is 0 Å². The number of benzene rings is 1. The second-order valence-corrected chi connectivity index (χ2v) is 5.32. The van der Waals surface area contributed by atoms with Crippen LogP contribution in [0.5, 0.6) is 5.75 Å². The van der Waals surface area contributed by atoms with E-state index < -0.39 is 5.97 Å². The Balaban J connectivity index is 2.85. The van der Waals surface area contributed by atoms with E-state index in [1.165, 1.54) is 0 Å². The molecule has 0 fully saturated rings. The molecule has 0 radical (unpaired) electrons. The third-order valence-electron chi connectivity index (χ3n) is 2.60. The molecule has 0 saturated carbocycles. The highest BCUT2D eigenvalue weighted by molar-refractivity contribution is 9.10. The van der Waals surface area contributed by atoms with Gasteiger partial charge in [0.25, 0.3) is 0 Å². The second-order valence-electron chi connectivity index (χ2n) is 4.40. The smallest absolute Gasteiger partial charge is 0.303 e. The van der Waals surface area contributed by atoms with E-state index in [-0.39, 0.29) is 24.5 Å². The number of carboxylic acids is 1. The number of rotatable bonds is 7. The Kier molecular flexibility index (Phi) is 6.02. The van der Waals surface area contributed by atoms with Crippen LogP contribution in [0.4, 0.5) is 0 Å². The maximum atomic E-state index is 12.2. The van der Waals surface area contributed by atoms with Gasteiger partial charge in [-0.1, -0.05) is 22.9 Å². The monoisotopic (exact) mass is 328 g/mol. The van der Waals surface area contributed by atoms with E-state index in [9.17, 15) is 9.59 Å². The van der Waals surface area contributed by atoms with Crippen molar-refractivity contribution in [1.82, 2.24) is 0 Å². The minimum absolute atomic E-state index is 0.0102. The summed E-state index contributed by atoms with van der Waals surface area (Å²) in [5.41, 5.74) is 0.494. The van der Waals surface area contributed by atoms with Crippen molar-refractivity contribution < 1.29 is 19.4 Å². The summed E-state index contributed by atoms with van der Waals surface area (Å²) in [5, 5.41) is 8.71. The van der Waals surface area contributed by atoms with Gasteiger partial charge in [-0.15, -0.1) is 0 Å².